The Morgan fingerprint density at radius 3 is 2.43 bits per heavy atom. The van der Waals surface area contributed by atoms with E-state index in [0.29, 0.717) is 6.04 Å². The van der Waals surface area contributed by atoms with Crippen LogP contribution < -0.4 is 0 Å². The quantitative estimate of drug-likeness (QED) is 0.734. The smallest absolute Gasteiger partial charge is 0.129 e. The van der Waals surface area contributed by atoms with E-state index < -0.39 is 0 Å². The van der Waals surface area contributed by atoms with Gasteiger partial charge >= 0.3 is 0 Å². The van der Waals surface area contributed by atoms with Gasteiger partial charge in [-0.05, 0) is 19.3 Å². The molecule has 0 fully saturated rings. The standard InChI is InChI=1S/C11H19ClN2/c1-8(2)14-9(12)7-13-10(14)6-11(3,4)5/h7-8H,6H2,1-5H3. The highest BCUT2D eigenvalue weighted by Gasteiger charge is 2.18. The number of hydrogen-bond acceptors (Lipinski definition) is 1. The molecule has 0 amide bonds. The topological polar surface area (TPSA) is 17.8 Å². The Balaban J connectivity index is 2.98. The Hall–Kier alpha value is -0.500. The van der Waals surface area contributed by atoms with Crippen LogP contribution in [0.3, 0.4) is 0 Å². The molecule has 2 nitrogen and oxygen atoms in total. The highest BCUT2D eigenvalue weighted by Crippen LogP contribution is 2.24. The van der Waals surface area contributed by atoms with Crippen molar-refractivity contribution in [3.63, 3.8) is 0 Å². The van der Waals surface area contributed by atoms with Crippen LogP contribution in [0.25, 0.3) is 0 Å². The van der Waals surface area contributed by atoms with Crippen molar-refractivity contribution in [2.45, 2.75) is 47.1 Å². The molecule has 0 aliphatic carbocycles. The minimum atomic E-state index is 0.251. The molecule has 0 saturated carbocycles. The van der Waals surface area contributed by atoms with E-state index in [4.69, 9.17) is 11.6 Å². The molecule has 0 saturated heterocycles. The van der Waals surface area contributed by atoms with E-state index in [0.717, 1.165) is 17.4 Å². The maximum atomic E-state index is 6.07. The van der Waals surface area contributed by atoms with Gasteiger partial charge in [-0.1, -0.05) is 32.4 Å². The van der Waals surface area contributed by atoms with Gasteiger partial charge < -0.3 is 4.57 Å². The molecule has 0 aliphatic heterocycles. The van der Waals surface area contributed by atoms with E-state index in [1.165, 1.54) is 0 Å². The maximum absolute atomic E-state index is 6.07. The summed E-state index contributed by atoms with van der Waals surface area (Å²) in [5.41, 5.74) is 0.251. The third-order valence-electron chi connectivity index (χ3n) is 2.03. The summed E-state index contributed by atoms with van der Waals surface area (Å²) < 4.78 is 2.09. The van der Waals surface area contributed by atoms with Crippen molar-refractivity contribution in [1.29, 1.82) is 0 Å². The van der Waals surface area contributed by atoms with Crippen LogP contribution in [0.5, 0.6) is 0 Å². The molecule has 0 atom stereocenters. The monoisotopic (exact) mass is 214 g/mol. The van der Waals surface area contributed by atoms with Gasteiger partial charge in [0.1, 0.15) is 11.0 Å². The minimum absolute atomic E-state index is 0.251. The largest absolute Gasteiger partial charge is 0.317 e. The molecule has 0 spiro atoms. The van der Waals surface area contributed by atoms with Gasteiger partial charge in [0.15, 0.2) is 0 Å². The second-order valence-electron chi connectivity index (χ2n) is 5.20. The molecule has 0 unspecified atom stereocenters. The van der Waals surface area contributed by atoms with Gasteiger partial charge in [-0.2, -0.15) is 0 Å². The SMILES string of the molecule is CC(C)n1c(Cl)cnc1CC(C)(C)C. The predicted octanol–water partition coefficient (Wildman–Crippen LogP) is 3.71. The Kier molecular flexibility index (Phi) is 3.25. The molecule has 1 rings (SSSR count). The first-order chi connectivity index (χ1) is 6.31. The molecule has 3 heteroatoms. The summed E-state index contributed by atoms with van der Waals surface area (Å²) in [6.07, 6.45) is 2.69. The predicted molar refractivity (Wildman–Crippen MR) is 60.8 cm³/mol. The van der Waals surface area contributed by atoms with E-state index in [9.17, 15) is 0 Å². The number of rotatable bonds is 2. The summed E-state index contributed by atoms with van der Waals surface area (Å²) in [6.45, 7) is 10.9. The summed E-state index contributed by atoms with van der Waals surface area (Å²) in [4.78, 5) is 4.35. The van der Waals surface area contributed by atoms with Gasteiger partial charge in [-0.25, -0.2) is 4.98 Å². The van der Waals surface area contributed by atoms with Crippen LogP contribution in [0.4, 0.5) is 0 Å². The number of aromatic nitrogens is 2. The lowest BCUT2D eigenvalue weighted by Gasteiger charge is -2.20. The average molecular weight is 215 g/mol. The summed E-state index contributed by atoms with van der Waals surface area (Å²) in [6, 6.07) is 0.377. The van der Waals surface area contributed by atoms with Crippen LogP contribution in [-0.2, 0) is 6.42 Å². The summed E-state index contributed by atoms with van der Waals surface area (Å²) in [7, 11) is 0. The van der Waals surface area contributed by atoms with Crippen molar-refractivity contribution in [3.05, 3.63) is 17.2 Å². The highest BCUT2D eigenvalue weighted by atomic mass is 35.5. The van der Waals surface area contributed by atoms with Crippen LogP contribution >= 0.6 is 11.6 Å². The summed E-state index contributed by atoms with van der Waals surface area (Å²) in [5, 5.41) is 0.735. The van der Waals surface area contributed by atoms with E-state index in [-0.39, 0.29) is 5.41 Å². The first kappa shape index (κ1) is 11.6. The summed E-state index contributed by atoms with van der Waals surface area (Å²) in [5.74, 6) is 1.08. The van der Waals surface area contributed by atoms with Gasteiger partial charge in [0.05, 0.1) is 6.20 Å². The van der Waals surface area contributed by atoms with Crippen LogP contribution in [0.1, 0.15) is 46.5 Å². The second-order valence-corrected chi connectivity index (χ2v) is 5.59. The van der Waals surface area contributed by atoms with Gasteiger partial charge in [-0.3, -0.25) is 0 Å². The van der Waals surface area contributed by atoms with Crippen LogP contribution in [0.15, 0.2) is 6.20 Å². The summed E-state index contributed by atoms with van der Waals surface area (Å²) >= 11 is 6.07. The molecule has 1 aromatic heterocycles. The molecule has 80 valence electrons. The fourth-order valence-corrected chi connectivity index (χ4v) is 1.87. The number of hydrogen-bond donors (Lipinski definition) is 0. The highest BCUT2D eigenvalue weighted by molar-refractivity contribution is 6.29. The van der Waals surface area contributed by atoms with Crippen LogP contribution in [0, 0.1) is 5.41 Å². The van der Waals surface area contributed by atoms with Crippen molar-refractivity contribution in [2.75, 3.05) is 0 Å². The zero-order valence-electron chi connectivity index (χ0n) is 9.63. The Morgan fingerprint density at radius 2 is 2.00 bits per heavy atom. The minimum Gasteiger partial charge on any atom is -0.317 e. The van der Waals surface area contributed by atoms with Gasteiger partial charge in [0.2, 0.25) is 0 Å². The molecular formula is C11H19ClN2. The Labute approximate surface area is 91.3 Å². The molecule has 0 aliphatic rings. The van der Waals surface area contributed by atoms with Gasteiger partial charge in [-0.15, -0.1) is 0 Å². The average Bonchev–Trinajstić information content (AvgIpc) is 2.27. The molecule has 0 aromatic carbocycles. The molecule has 14 heavy (non-hydrogen) atoms. The zero-order valence-corrected chi connectivity index (χ0v) is 10.4. The fraction of sp³-hybridized carbons (Fsp3) is 0.727. The normalized spacial score (nSPS) is 12.5. The fourth-order valence-electron chi connectivity index (χ4n) is 1.53. The van der Waals surface area contributed by atoms with E-state index in [1.807, 2.05) is 0 Å². The lowest BCUT2D eigenvalue weighted by molar-refractivity contribution is 0.386. The zero-order chi connectivity index (χ0) is 10.9. The lowest BCUT2D eigenvalue weighted by atomic mass is 9.92. The first-order valence-electron chi connectivity index (χ1n) is 5.03. The third-order valence-corrected chi connectivity index (χ3v) is 2.31. The molecule has 1 heterocycles. The Morgan fingerprint density at radius 1 is 1.43 bits per heavy atom. The lowest BCUT2D eigenvalue weighted by Crippen LogP contribution is -2.15. The first-order valence-corrected chi connectivity index (χ1v) is 5.40. The van der Waals surface area contributed by atoms with Crippen molar-refractivity contribution in [1.82, 2.24) is 9.55 Å². The second kappa shape index (κ2) is 3.93. The molecule has 1 aromatic rings. The Bertz CT molecular complexity index is 308. The van der Waals surface area contributed by atoms with Crippen molar-refractivity contribution >= 4 is 11.6 Å². The van der Waals surface area contributed by atoms with Crippen molar-refractivity contribution in [2.24, 2.45) is 5.41 Å². The maximum Gasteiger partial charge on any atom is 0.129 e. The number of halogens is 1. The molecular weight excluding hydrogens is 196 g/mol. The molecule has 0 radical (unpaired) electrons. The van der Waals surface area contributed by atoms with E-state index in [2.05, 4.69) is 44.2 Å². The van der Waals surface area contributed by atoms with E-state index >= 15 is 0 Å². The van der Waals surface area contributed by atoms with E-state index in [1.54, 1.807) is 6.20 Å². The van der Waals surface area contributed by atoms with Gasteiger partial charge in [0, 0.05) is 12.5 Å². The number of nitrogens with zero attached hydrogens (tertiary/aromatic N) is 2. The number of imidazole rings is 1. The van der Waals surface area contributed by atoms with Crippen molar-refractivity contribution < 1.29 is 0 Å². The van der Waals surface area contributed by atoms with Crippen molar-refractivity contribution in [3.8, 4) is 0 Å². The van der Waals surface area contributed by atoms with Gasteiger partial charge in [0.25, 0.3) is 0 Å². The molecule has 0 N–H and O–H groups in total. The van der Waals surface area contributed by atoms with Crippen LogP contribution in [0.2, 0.25) is 5.15 Å². The van der Waals surface area contributed by atoms with Crippen LogP contribution in [-0.4, -0.2) is 9.55 Å². The molecule has 0 bridgehead atoms. The third kappa shape index (κ3) is 2.74.